The van der Waals surface area contributed by atoms with Gasteiger partial charge in [0.25, 0.3) is 5.24 Å². The Kier molecular flexibility index (Phi) is 4.38. The Morgan fingerprint density at radius 1 is 1.46 bits per heavy atom. The van der Waals surface area contributed by atoms with Gasteiger partial charge in [0.15, 0.2) is 0 Å². The van der Waals surface area contributed by atoms with Gasteiger partial charge in [0.2, 0.25) is 5.91 Å². The molecule has 0 saturated carbocycles. The Bertz CT molecular complexity index is 224. The maximum atomic E-state index is 11.2. The van der Waals surface area contributed by atoms with E-state index in [1.54, 1.807) is 6.08 Å². The molecule has 72 valence electrons. The van der Waals surface area contributed by atoms with Gasteiger partial charge in [-0.2, -0.15) is 12.6 Å². The summed E-state index contributed by atoms with van der Waals surface area (Å²) in [5.74, 6) is 1.17. The summed E-state index contributed by atoms with van der Waals surface area (Å²) in [6.45, 7) is 0.380. The number of hydrogen-bond acceptors (Lipinski definition) is 4. The Labute approximate surface area is 87.0 Å². The minimum absolute atomic E-state index is 0.0763. The molecule has 0 unspecified atom stereocenters. The highest BCUT2D eigenvalue weighted by Gasteiger charge is 2.25. The third-order valence-corrected chi connectivity index (χ3v) is 2.71. The number of carbonyl (C=O) groups excluding carboxylic acids is 2. The summed E-state index contributed by atoms with van der Waals surface area (Å²) >= 11 is 5.18. The third kappa shape index (κ3) is 3.08. The zero-order valence-electron chi connectivity index (χ0n) is 7.10. The van der Waals surface area contributed by atoms with Crippen LogP contribution in [-0.2, 0) is 4.79 Å². The molecule has 0 spiro atoms. The molecule has 0 N–H and O–H groups in total. The Hall–Kier alpha value is -0.420. The number of thiol groups is 1. The van der Waals surface area contributed by atoms with Gasteiger partial charge in [0, 0.05) is 24.5 Å². The lowest BCUT2D eigenvalue weighted by atomic mass is 10.4. The van der Waals surface area contributed by atoms with Crippen molar-refractivity contribution in [2.45, 2.75) is 6.42 Å². The first-order valence-electron chi connectivity index (χ1n) is 3.98. The summed E-state index contributed by atoms with van der Waals surface area (Å²) in [6, 6.07) is 0. The van der Waals surface area contributed by atoms with Gasteiger partial charge in [-0.3, -0.25) is 14.5 Å². The second-order valence-electron chi connectivity index (χ2n) is 2.52. The molecule has 1 fully saturated rings. The molecule has 1 heterocycles. The van der Waals surface area contributed by atoms with Crippen LogP contribution in [0.25, 0.3) is 0 Å². The molecule has 0 aromatic rings. The minimum Gasteiger partial charge on any atom is -0.274 e. The first-order chi connectivity index (χ1) is 6.25. The third-order valence-electron chi connectivity index (χ3n) is 1.62. The fourth-order valence-corrected chi connectivity index (χ4v) is 1.90. The van der Waals surface area contributed by atoms with Gasteiger partial charge >= 0.3 is 0 Å². The van der Waals surface area contributed by atoms with E-state index in [1.165, 1.54) is 16.7 Å². The molecule has 13 heavy (non-hydrogen) atoms. The molecule has 0 atom stereocenters. The van der Waals surface area contributed by atoms with Crippen molar-refractivity contribution in [3.05, 3.63) is 12.2 Å². The van der Waals surface area contributed by atoms with Gasteiger partial charge in [0.1, 0.15) is 0 Å². The van der Waals surface area contributed by atoms with Gasteiger partial charge in [-0.1, -0.05) is 23.9 Å². The normalized spacial score (nSPS) is 18.7. The largest absolute Gasteiger partial charge is 0.288 e. The van der Waals surface area contributed by atoms with Crippen molar-refractivity contribution in [1.29, 1.82) is 0 Å². The van der Waals surface area contributed by atoms with Crippen molar-refractivity contribution in [3.8, 4) is 0 Å². The second kappa shape index (κ2) is 5.34. The summed E-state index contributed by atoms with van der Waals surface area (Å²) < 4.78 is 0. The zero-order chi connectivity index (χ0) is 9.68. The first kappa shape index (κ1) is 10.7. The molecular weight excluding hydrogens is 206 g/mol. The number of rotatable bonds is 3. The fraction of sp³-hybridized carbons (Fsp3) is 0.500. The number of hydrogen-bond donors (Lipinski definition) is 1. The van der Waals surface area contributed by atoms with Crippen LogP contribution in [0.5, 0.6) is 0 Å². The SMILES string of the molecule is O=C1CCSC(=O)N1C/C=C/CS. The fourth-order valence-electron chi connectivity index (χ4n) is 0.971. The molecule has 0 aliphatic carbocycles. The number of carbonyl (C=O) groups is 2. The number of nitrogens with zero attached hydrogens (tertiary/aromatic N) is 1. The standard InChI is InChI=1S/C8H11NO2S2/c10-7-3-6-13-8(11)9(7)4-1-2-5-12/h1-2,12H,3-6H2/b2-1+. The predicted octanol–water partition coefficient (Wildman–Crippen LogP) is 1.56. The maximum Gasteiger partial charge on any atom is 0.288 e. The molecule has 0 bridgehead atoms. The van der Waals surface area contributed by atoms with E-state index < -0.39 is 0 Å². The van der Waals surface area contributed by atoms with E-state index in [1.807, 2.05) is 6.08 Å². The Balaban J connectivity index is 2.49. The van der Waals surface area contributed by atoms with E-state index in [0.29, 0.717) is 24.5 Å². The monoisotopic (exact) mass is 217 g/mol. The summed E-state index contributed by atoms with van der Waals surface area (Å²) in [7, 11) is 0. The lowest BCUT2D eigenvalue weighted by molar-refractivity contribution is -0.127. The van der Waals surface area contributed by atoms with Crippen molar-refractivity contribution in [1.82, 2.24) is 4.90 Å². The van der Waals surface area contributed by atoms with Crippen molar-refractivity contribution in [2.75, 3.05) is 18.1 Å². The van der Waals surface area contributed by atoms with Crippen molar-refractivity contribution < 1.29 is 9.59 Å². The topological polar surface area (TPSA) is 37.4 Å². The Morgan fingerprint density at radius 2 is 2.23 bits per heavy atom. The highest BCUT2D eigenvalue weighted by atomic mass is 32.2. The minimum atomic E-state index is -0.139. The second-order valence-corrected chi connectivity index (χ2v) is 3.93. The molecule has 3 nitrogen and oxygen atoms in total. The molecule has 5 heteroatoms. The van der Waals surface area contributed by atoms with E-state index in [-0.39, 0.29) is 11.1 Å². The highest BCUT2D eigenvalue weighted by Crippen LogP contribution is 2.17. The molecule has 1 rings (SSSR count). The highest BCUT2D eigenvalue weighted by molar-refractivity contribution is 8.13. The summed E-state index contributed by atoms with van der Waals surface area (Å²) in [5, 5.41) is -0.139. The molecule has 0 aromatic carbocycles. The smallest absolute Gasteiger partial charge is 0.274 e. The Morgan fingerprint density at radius 3 is 2.85 bits per heavy atom. The van der Waals surface area contributed by atoms with Crippen LogP contribution in [0, 0.1) is 0 Å². The van der Waals surface area contributed by atoms with E-state index in [2.05, 4.69) is 12.6 Å². The van der Waals surface area contributed by atoms with Crippen molar-refractivity contribution >= 4 is 35.5 Å². The number of thioether (sulfide) groups is 1. The molecule has 1 aliphatic heterocycles. The van der Waals surface area contributed by atoms with E-state index in [0.717, 1.165) is 0 Å². The van der Waals surface area contributed by atoms with Crippen LogP contribution in [0.4, 0.5) is 4.79 Å². The van der Waals surface area contributed by atoms with Gasteiger partial charge in [0.05, 0.1) is 0 Å². The lowest BCUT2D eigenvalue weighted by Gasteiger charge is -2.22. The van der Waals surface area contributed by atoms with Crippen LogP contribution in [0.15, 0.2) is 12.2 Å². The average Bonchev–Trinajstić information content (AvgIpc) is 2.10. The number of imide groups is 1. The van der Waals surface area contributed by atoms with Gasteiger partial charge < -0.3 is 0 Å². The lowest BCUT2D eigenvalue weighted by Crippen LogP contribution is -2.38. The van der Waals surface area contributed by atoms with Crippen LogP contribution in [0.2, 0.25) is 0 Å². The molecule has 0 radical (unpaired) electrons. The van der Waals surface area contributed by atoms with Crippen LogP contribution >= 0.6 is 24.4 Å². The van der Waals surface area contributed by atoms with Crippen LogP contribution in [0.3, 0.4) is 0 Å². The van der Waals surface area contributed by atoms with Crippen LogP contribution < -0.4 is 0 Å². The van der Waals surface area contributed by atoms with Gasteiger partial charge in [-0.05, 0) is 0 Å². The first-order valence-corrected chi connectivity index (χ1v) is 5.60. The molecule has 1 saturated heterocycles. The summed E-state index contributed by atoms with van der Waals surface area (Å²) in [4.78, 5) is 23.7. The van der Waals surface area contributed by atoms with E-state index in [9.17, 15) is 9.59 Å². The number of amides is 2. The summed E-state index contributed by atoms with van der Waals surface area (Å²) in [5.41, 5.74) is 0. The van der Waals surface area contributed by atoms with Gasteiger partial charge in [-0.15, -0.1) is 0 Å². The van der Waals surface area contributed by atoms with Crippen molar-refractivity contribution in [3.63, 3.8) is 0 Å². The zero-order valence-corrected chi connectivity index (χ0v) is 8.81. The van der Waals surface area contributed by atoms with Crippen LogP contribution in [-0.4, -0.2) is 34.1 Å². The van der Waals surface area contributed by atoms with Crippen molar-refractivity contribution in [2.24, 2.45) is 0 Å². The van der Waals surface area contributed by atoms with E-state index >= 15 is 0 Å². The quantitative estimate of drug-likeness (QED) is 0.576. The van der Waals surface area contributed by atoms with Crippen LogP contribution in [0.1, 0.15) is 6.42 Å². The predicted molar refractivity (Wildman–Crippen MR) is 57.2 cm³/mol. The molecule has 1 aliphatic rings. The molecule has 2 amide bonds. The van der Waals surface area contributed by atoms with Gasteiger partial charge in [-0.25, -0.2) is 0 Å². The molecular formula is C8H11NO2S2. The van der Waals surface area contributed by atoms with E-state index in [4.69, 9.17) is 0 Å². The molecule has 0 aromatic heterocycles. The summed E-state index contributed by atoms with van der Waals surface area (Å²) in [6.07, 6.45) is 4.07. The average molecular weight is 217 g/mol. The maximum absolute atomic E-state index is 11.2.